The van der Waals surface area contributed by atoms with Crippen molar-refractivity contribution in [2.24, 2.45) is 11.6 Å². The molecular formula is C3H12N2O4PtS. The third-order valence-corrected chi connectivity index (χ3v) is 0.365. The molecule has 0 unspecified atom stereocenters. The van der Waals surface area contributed by atoms with Crippen molar-refractivity contribution in [3.05, 3.63) is 0 Å². The van der Waals surface area contributed by atoms with Gasteiger partial charge in [-0.3, -0.25) is 4.55 Å². The molecule has 0 aromatic heterocycles. The molecule has 0 atom stereocenters. The third kappa shape index (κ3) is 62.3. The predicted octanol–water partition coefficient (Wildman–Crippen LogP) is -0.969. The molecule has 0 aliphatic carbocycles. The minimum absolute atomic E-state index is 0. The Bertz CT molecular complexity index is 154. The number of hydrogen-bond donors (Lipinski definition) is 3. The van der Waals surface area contributed by atoms with Crippen LogP contribution in [0.15, 0.2) is 0 Å². The fourth-order valence-corrected chi connectivity index (χ4v) is 0. The van der Waals surface area contributed by atoms with Crippen LogP contribution in [0.25, 0.3) is 0 Å². The predicted molar refractivity (Wildman–Crippen MR) is 36.1 cm³/mol. The summed E-state index contributed by atoms with van der Waals surface area (Å²) in [5.74, 6) is 3.97. The quantitative estimate of drug-likeness (QED) is 0.406. The molecule has 0 saturated heterocycles. The average Bonchev–Trinajstić information content (AvgIpc) is 1.63. The van der Waals surface area contributed by atoms with Crippen molar-refractivity contribution >= 4 is 10.4 Å². The summed E-state index contributed by atoms with van der Waals surface area (Å²) in [5, 5.41) is 0. The van der Waals surface area contributed by atoms with Gasteiger partial charge in [-0.25, -0.2) is 0 Å². The summed E-state index contributed by atoms with van der Waals surface area (Å²) in [5.41, 5.74) is 5.11. The van der Waals surface area contributed by atoms with Gasteiger partial charge >= 0.3 is 10.4 Å². The first kappa shape index (κ1) is 17.5. The van der Waals surface area contributed by atoms with Gasteiger partial charge in [-0.1, -0.05) is 13.8 Å². The van der Waals surface area contributed by atoms with E-state index in [0.29, 0.717) is 6.04 Å². The van der Waals surface area contributed by atoms with E-state index in [1.54, 1.807) is 0 Å². The summed E-state index contributed by atoms with van der Waals surface area (Å²) in [6.07, 6.45) is 0. The Hall–Kier alpha value is 0.478. The Balaban J connectivity index is -0.000000114. The molecule has 0 spiro atoms. The first-order chi connectivity index (χ1) is 4.29. The molecule has 0 aromatic rings. The van der Waals surface area contributed by atoms with Crippen LogP contribution in [0.5, 0.6) is 0 Å². The SMILES string of the molecule is CC(C)N.NOS(=O)(=O)O.[Pt]. The maximum absolute atomic E-state index is 9.21. The van der Waals surface area contributed by atoms with Gasteiger partial charge in [0.05, 0.1) is 0 Å². The molecule has 0 aliphatic heterocycles. The summed E-state index contributed by atoms with van der Waals surface area (Å²) >= 11 is 0. The summed E-state index contributed by atoms with van der Waals surface area (Å²) in [4.78, 5) is 0. The van der Waals surface area contributed by atoms with Gasteiger partial charge in [-0.2, -0.15) is 18.6 Å². The molecule has 0 rings (SSSR count). The molecule has 0 fully saturated rings. The zero-order chi connectivity index (χ0) is 8.78. The normalized spacial score (nSPS) is 9.64. The Morgan fingerprint density at radius 2 is 1.55 bits per heavy atom. The minimum Gasteiger partial charge on any atom is -0.328 e. The van der Waals surface area contributed by atoms with Crippen LogP contribution in [0.1, 0.15) is 13.8 Å². The van der Waals surface area contributed by atoms with E-state index in [0.717, 1.165) is 0 Å². The second-order valence-electron chi connectivity index (χ2n) is 1.77. The van der Waals surface area contributed by atoms with Gasteiger partial charge in [0.2, 0.25) is 0 Å². The van der Waals surface area contributed by atoms with E-state index in [-0.39, 0.29) is 21.1 Å². The monoisotopic (exact) mass is 367 g/mol. The molecule has 0 saturated carbocycles. The van der Waals surface area contributed by atoms with Crippen LogP contribution in [-0.4, -0.2) is 19.0 Å². The van der Waals surface area contributed by atoms with Crippen LogP contribution in [0.3, 0.4) is 0 Å². The van der Waals surface area contributed by atoms with Gasteiger partial charge < -0.3 is 5.73 Å². The molecule has 0 aliphatic rings. The van der Waals surface area contributed by atoms with Crippen molar-refractivity contribution in [2.45, 2.75) is 19.9 Å². The zero-order valence-electron chi connectivity index (χ0n) is 6.13. The first-order valence-electron chi connectivity index (χ1n) is 2.41. The smallest absolute Gasteiger partial charge is 0.328 e. The van der Waals surface area contributed by atoms with E-state index in [2.05, 4.69) is 10.2 Å². The molecular weight excluding hydrogens is 355 g/mol. The first-order valence-corrected chi connectivity index (χ1v) is 3.77. The zero-order valence-corrected chi connectivity index (χ0v) is 9.22. The van der Waals surface area contributed by atoms with Crippen molar-refractivity contribution in [3.63, 3.8) is 0 Å². The van der Waals surface area contributed by atoms with E-state index in [1.165, 1.54) is 0 Å². The van der Waals surface area contributed by atoms with Crippen LogP contribution in [0.4, 0.5) is 0 Å². The fourth-order valence-electron chi connectivity index (χ4n) is 0. The van der Waals surface area contributed by atoms with Crippen molar-refractivity contribution in [1.29, 1.82) is 0 Å². The van der Waals surface area contributed by atoms with E-state index >= 15 is 0 Å². The molecule has 5 N–H and O–H groups in total. The van der Waals surface area contributed by atoms with E-state index in [4.69, 9.17) is 10.3 Å². The van der Waals surface area contributed by atoms with Crippen LogP contribution in [0, 0.1) is 0 Å². The third-order valence-electron chi connectivity index (χ3n) is 0.122. The molecule has 6 nitrogen and oxygen atoms in total. The van der Waals surface area contributed by atoms with E-state index < -0.39 is 10.4 Å². The molecule has 0 heterocycles. The summed E-state index contributed by atoms with van der Waals surface area (Å²) in [6.45, 7) is 3.89. The number of rotatable bonds is 1. The number of nitrogens with two attached hydrogens (primary N) is 2. The van der Waals surface area contributed by atoms with Gasteiger partial charge in [0.15, 0.2) is 0 Å². The van der Waals surface area contributed by atoms with Gasteiger partial charge in [-0.05, 0) is 6.04 Å². The maximum atomic E-state index is 9.21. The molecule has 0 aromatic carbocycles. The topological polar surface area (TPSA) is 116 Å². The van der Waals surface area contributed by atoms with Gasteiger partial charge in [0.1, 0.15) is 0 Å². The van der Waals surface area contributed by atoms with E-state index in [9.17, 15) is 8.42 Å². The van der Waals surface area contributed by atoms with Crippen LogP contribution in [-0.2, 0) is 35.7 Å². The van der Waals surface area contributed by atoms with Crippen molar-refractivity contribution in [3.8, 4) is 0 Å². The Morgan fingerprint density at radius 3 is 1.55 bits per heavy atom. The Kier molecular flexibility index (Phi) is 13.7. The van der Waals surface area contributed by atoms with Crippen LogP contribution < -0.4 is 11.6 Å². The summed E-state index contributed by atoms with van der Waals surface area (Å²) in [7, 11) is -4.38. The van der Waals surface area contributed by atoms with Gasteiger partial charge in [-0.15, -0.1) is 0 Å². The Morgan fingerprint density at radius 1 is 1.45 bits per heavy atom. The fraction of sp³-hybridized carbons (Fsp3) is 1.00. The molecule has 0 radical (unpaired) electrons. The van der Waals surface area contributed by atoms with Crippen molar-refractivity contribution in [2.75, 3.05) is 0 Å². The molecule has 0 amide bonds. The standard InChI is InChI=1S/C3H9N.H3NO4S.Pt/c1-3(2)4;1-5-6(2,3)4;/h3H,4H2,1-2H3;1H2,(H,2,3,4);. The molecule has 11 heavy (non-hydrogen) atoms. The van der Waals surface area contributed by atoms with E-state index in [1.807, 2.05) is 13.8 Å². The van der Waals surface area contributed by atoms with Gasteiger partial charge in [0.25, 0.3) is 0 Å². The maximum Gasteiger partial charge on any atom is 0.413 e. The van der Waals surface area contributed by atoms with Crippen molar-refractivity contribution < 1.29 is 38.3 Å². The summed E-state index contributed by atoms with van der Waals surface area (Å²) in [6, 6.07) is 0.333. The summed E-state index contributed by atoms with van der Waals surface area (Å²) < 4.78 is 28.8. The van der Waals surface area contributed by atoms with Crippen LogP contribution >= 0.6 is 0 Å². The molecule has 74 valence electrons. The number of hydrogen-bond acceptors (Lipinski definition) is 5. The molecule has 0 bridgehead atoms. The average molecular weight is 367 g/mol. The van der Waals surface area contributed by atoms with Crippen molar-refractivity contribution in [1.82, 2.24) is 0 Å². The largest absolute Gasteiger partial charge is 0.413 e. The Labute approximate surface area is 80.4 Å². The second kappa shape index (κ2) is 8.57. The second-order valence-corrected chi connectivity index (χ2v) is 2.82. The molecule has 8 heteroatoms. The minimum atomic E-state index is -4.38. The van der Waals surface area contributed by atoms with Crippen LogP contribution in [0.2, 0.25) is 0 Å². The van der Waals surface area contributed by atoms with Gasteiger partial charge in [0, 0.05) is 21.1 Å².